The van der Waals surface area contributed by atoms with E-state index in [-0.39, 0.29) is 0 Å². The Morgan fingerprint density at radius 3 is 1.12 bits per heavy atom. The van der Waals surface area contributed by atoms with E-state index in [1.165, 1.54) is 89.9 Å². The molecule has 0 aromatic rings. The van der Waals surface area contributed by atoms with Gasteiger partial charge in [-0.25, -0.2) is 0 Å². The van der Waals surface area contributed by atoms with Gasteiger partial charge >= 0.3 is 0 Å². The summed E-state index contributed by atoms with van der Waals surface area (Å²) in [4.78, 5) is 0. The fourth-order valence-electron chi connectivity index (χ4n) is 3.21. The molecule has 26 heavy (non-hydrogen) atoms. The first-order chi connectivity index (χ1) is 12.7. The summed E-state index contributed by atoms with van der Waals surface area (Å²) < 4.78 is 11.7. The highest BCUT2D eigenvalue weighted by molar-refractivity contribution is 4.59. The van der Waals surface area contributed by atoms with Gasteiger partial charge in [-0.3, -0.25) is 5.73 Å². The van der Waals surface area contributed by atoms with E-state index in [1.807, 2.05) is 6.92 Å². The van der Waals surface area contributed by atoms with Crippen LogP contribution in [0.4, 0.5) is 0 Å². The zero-order chi connectivity index (χ0) is 19.3. The number of rotatable bonds is 21. The van der Waals surface area contributed by atoms with Crippen LogP contribution in [0, 0.1) is 0 Å². The lowest BCUT2D eigenvalue weighted by atomic mass is 10.1. The second kappa shape index (κ2) is 19.6. The number of hydrogen-bond donors (Lipinski definition) is 1. The summed E-state index contributed by atoms with van der Waals surface area (Å²) in [6.45, 7) is 8.01. The third-order valence-electron chi connectivity index (χ3n) is 5.18. The van der Waals surface area contributed by atoms with Crippen LogP contribution in [0.3, 0.4) is 0 Å². The van der Waals surface area contributed by atoms with Crippen LogP contribution in [-0.2, 0) is 9.47 Å². The standard InChI is InChI=1S/C23H49NO2/c1-4-7-9-11-13-15-17-19-21-25-23(24,6-3)26-22-20-18-16-14-12-10-8-5-2/h4-22,24H2,1-3H3. The van der Waals surface area contributed by atoms with Gasteiger partial charge in [-0.1, -0.05) is 111 Å². The van der Waals surface area contributed by atoms with Crippen LogP contribution >= 0.6 is 0 Å². The molecular weight excluding hydrogens is 322 g/mol. The van der Waals surface area contributed by atoms with Gasteiger partial charge in [-0.05, 0) is 12.8 Å². The van der Waals surface area contributed by atoms with E-state index < -0.39 is 5.91 Å². The average molecular weight is 372 g/mol. The Balaban J connectivity index is 3.49. The van der Waals surface area contributed by atoms with Crippen molar-refractivity contribution in [2.24, 2.45) is 5.73 Å². The number of nitrogens with two attached hydrogens (primary N) is 1. The summed E-state index contributed by atoms with van der Waals surface area (Å²) >= 11 is 0. The van der Waals surface area contributed by atoms with Crippen LogP contribution in [0.25, 0.3) is 0 Å². The molecule has 0 aromatic carbocycles. The third-order valence-corrected chi connectivity index (χ3v) is 5.18. The highest BCUT2D eigenvalue weighted by Gasteiger charge is 2.23. The Kier molecular flexibility index (Phi) is 19.5. The van der Waals surface area contributed by atoms with Crippen molar-refractivity contribution in [3.05, 3.63) is 0 Å². The Bertz CT molecular complexity index is 249. The van der Waals surface area contributed by atoms with Crippen LogP contribution in [0.5, 0.6) is 0 Å². The molecule has 0 aliphatic carbocycles. The monoisotopic (exact) mass is 371 g/mol. The molecule has 0 aliphatic rings. The van der Waals surface area contributed by atoms with Gasteiger partial charge < -0.3 is 9.47 Å². The molecule has 0 amide bonds. The summed E-state index contributed by atoms with van der Waals surface area (Å²) in [6.07, 6.45) is 21.7. The molecule has 158 valence electrons. The van der Waals surface area contributed by atoms with Crippen LogP contribution < -0.4 is 5.73 Å². The van der Waals surface area contributed by atoms with Crippen molar-refractivity contribution in [2.45, 2.75) is 136 Å². The molecule has 0 heterocycles. The van der Waals surface area contributed by atoms with Crippen molar-refractivity contribution in [3.63, 3.8) is 0 Å². The summed E-state index contributed by atoms with van der Waals surface area (Å²) in [6, 6.07) is 0. The lowest BCUT2D eigenvalue weighted by Gasteiger charge is -2.28. The number of hydrogen-bond acceptors (Lipinski definition) is 3. The lowest BCUT2D eigenvalue weighted by Crippen LogP contribution is -2.45. The van der Waals surface area contributed by atoms with Crippen LogP contribution in [0.2, 0.25) is 0 Å². The first kappa shape index (κ1) is 25.9. The summed E-state index contributed by atoms with van der Waals surface area (Å²) in [5.74, 6) is -0.873. The first-order valence-corrected chi connectivity index (χ1v) is 11.7. The molecule has 0 spiro atoms. The van der Waals surface area contributed by atoms with Crippen molar-refractivity contribution in [1.82, 2.24) is 0 Å². The van der Waals surface area contributed by atoms with Crippen molar-refractivity contribution in [2.75, 3.05) is 13.2 Å². The Morgan fingerprint density at radius 1 is 0.500 bits per heavy atom. The zero-order valence-electron chi connectivity index (χ0n) is 18.3. The summed E-state index contributed by atoms with van der Waals surface area (Å²) in [5.41, 5.74) is 6.24. The molecule has 2 N–H and O–H groups in total. The molecule has 0 radical (unpaired) electrons. The SMILES string of the molecule is CCCCCCCCCCOC(N)(CC)OCCCCCCCCCC. The third kappa shape index (κ3) is 17.3. The average Bonchev–Trinajstić information content (AvgIpc) is 2.65. The van der Waals surface area contributed by atoms with E-state index >= 15 is 0 Å². The highest BCUT2D eigenvalue weighted by Crippen LogP contribution is 2.15. The van der Waals surface area contributed by atoms with Gasteiger partial charge in [0.15, 0.2) is 0 Å². The van der Waals surface area contributed by atoms with Crippen molar-refractivity contribution in [3.8, 4) is 0 Å². The molecular formula is C23H49NO2. The van der Waals surface area contributed by atoms with E-state index in [4.69, 9.17) is 15.2 Å². The second-order valence-corrected chi connectivity index (χ2v) is 7.81. The Labute approximate surface area is 164 Å². The van der Waals surface area contributed by atoms with Gasteiger partial charge in [0.25, 0.3) is 0 Å². The van der Waals surface area contributed by atoms with Gasteiger partial charge in [0.05, 0.1) is 13.2 Å². The fraction of sp³-hybridized carbons (Fsp3) is 1.00. The molecule has 3 nitrogen and oxygen atoms in total. The van der Waals surface area contributed by atoms with E-state index in [2.05, 4.69) is 13.8 Å². The van der Waals surface area contributed by atoms with Crippen molar-refractivity contribution >= 4 is 0 Å². The smallest absolute Gasteiger partial charge is 0.224 e. The molecule has 0 fully saturated rings. The van der Waals surface area contributed by atoms with Gasteiger partial charge in [-0.2, -0.15) is 0 Å². The van der Waals surface area contributed by atoms with Gasteiger partial charge in [-0.15, -0.1) is 0 Å². The minimum absolute atomic E-state index is 0.709. The minimum atomic E-state index is -0.873. The van der Waals surface area contributed by atoms with E-state index in [0.717, 1.165) is 26.1 Å². The largest absolute Gasteiger partial charge is 0.338 e. The summed E-state index contributed by atoms with van der Waals surface area (Å²) in [5, 5.41) is 0. The maximum Gasteiger partial charge on any atom is 0.224 e. The predicted molar refractivity (Wildman–Crippen MR) is 114 cm³/mol. The lowest BCUT2D eigenvalue weighted by molar-refractivity contribution is -0.236. The molecule has 0 atom stereocenters. The molecule has 0 rings (SSSR count). The number of ether oxygens (including phenoxy) is 2. The molecule has 0 unspecified atom stereocenters. The van der Waals surface area contributed by atoms with Crippen LogP contribution in [0.1, 0.15) is 130 Å². The van der Waals surface area contributed by atoms with Gasteiger partial charge in [0, 0.05) is 6.42 Å². The fourth-order valence-corrected chi connectivity index (χ4v) is 3.21. The number of unbranched alkanes of at least 4 members (excludes halogenated alkanes) is 14. The van der Waals surface area contributed by atoms with Gasteiger partial charge in [0.2, 0.25) is 5.91 Å². The van der Waals surface area contributed by atoms with E-state index in [1.54, 1.807) is 0 Å². The second-order valence-electron chi connectivity index (χ2n) is 7.81. The molecule has 3 heteroatoms. The zero-order valence-corrected chi connectivity index (χ0v) is 18.3. The molecule has 0 bridgehead atoms. The summed E-state index contributed by atoms with van der Waals surface area (Å²) in [7, 11) is 0. The molecule has 0 saturated carbocycles. The predicted octanol–water partition coefficient (Wildman–Crippen LogP) is 7.32. The normalized spacial score (nSPS) is 12.0. The highest BCUT2D eigenvalue weighted by atomic mass is 16.7. The van der Waals surface area contributed by atoms with E-state index in [9.17, 15) is 0 Å². The Morgan fingerprint density at radius 2 is 0.808 bits per heavy atom. The van der Waals surface area contributed by atoms with Crippen molar-refractivity contribution in [1.29, 1.82) is 0 Å². The maximum absolute atomic E-state index is 6.24. The maximum atomic E-state index is 6.24. The molecule has 0 saturated heterocycles. The molecule has 0 aliphatic heterocycles. The topological polar surface area (TPSA) is 44.5 Å². The minimum Gasteiger partial charge on any atom is -0.338 e. The Hall–Kier alpha value is -0.120. The van der Waals surface area contributed by atoms with Crippen molar-refractivity contribution < 1.29 is 9.47 Å². The van der Waals surface area contributed by atoms with Crippen LogP contribution in [-0.4, -0.2) is 19.1 Å². The van der Waals surface area contributed by atoms with Gasteiger partial charge in [0.1, 0.15) is 0 Å². The quantitative estimate of drug-likeness (QED) is 0.170. The van der Waals surface area contributed by atoms with Crippen LogP contribution in [0.15, 0.2) is 0 Å². The first-order valence-electron chi connectivity index (χ1n) is 11.7. The molecule has 0 aromatic heterocycles. The van der Waals surface area contributed by atoms with E-state index in [0.29, 0.717) is 6.42 Å².